The van der Waals surface area contributed by atoms with Crippen molar-refractivity contribution in [3.8, 4) is 5.75 Å². The number of halogens is 3. The predicted molar refractivity (Wildman–Crippen MR) is 160 cm³/mol. The van der Waals surface area contributed by atoms with Crippen LogP contribution >= 0.6 is 11.6 Å². The number of benzene rings is 1. The number of amides is 1. The molecule has 0 aliphatic carbocycles. The molecule has 1 unspecified atom stereocenters. The van der Waals surface area contributed by atoms with Crippen molar-refractivity contribution in [3.05, 3.63) is 46.7 Å². The first kappa shape index (κ1) is 34.2. The highest BCUT2D eigenvalue weighted by Gasteiger charge is 2.39. The molecule has 2 aliphatic heterocycles. The van der Waals surface area contributed by atoms with Gasteiger partial charge in [-0.05, 0) is 57.3 Å². The van der Waals surface area contributed by atoms with Crippen molar-refractivity contribution in [2.45, 2.75) is 63.4 Å². The zero-order valence-corrected chi connectivity index (χ0v) is 25.7. The number of aromatic nitrogens is 2. The molecule has 0 saturated carbocycles. The van der Waals surface area contributed by atoms with Crippen LogP contribution < -0.4 is 9.64 Å². The van der Waals surface area contributed by atoms with E-state index in [0.29, 0.717) is 49.2 Å². The lowest BCUT2D eigenvalue weighted by Gasteiger charge is -2.31. The third kappa shape index (κ3) is 8.97. The first-order valence-electron chi connectivity index (χ1n) is 15.3. The maximum absolute atomic E-state index is 14.9. The Balaban J connectivity index is 1.18. The fourth-order valence-corrected chi connectivity index (χ4v) is 6.10. The second-order valence-corrected chi connectivity index (χ2v) is 12.7. The molecule has 44 heavy (non-hydrogen) atoms. The van der Waals surface area contributed by atoms with Crippen LogP contribution in [0.25, 0.3) is 0 Å². The highest BCUT2D eigenvalue weighted by atomic mass is 35.5. The molecule has 0 spiro atoms. The monoisotopic (exact) mass is 640 g/mol. The molecule has 3 heterocycles. The number of aliphatic hydroxyl groups is 4. The fraction of sp³-hybridized carbons (Fsp3) is 0.645. The topological polar surface area (TPSA) is 139 Å². The molecule has 13 heteroatoms. The molecule has 244 valence electrons. The molecule has 10 nitrogen and oxygen atoms in total. The zero-order valence-electron chi connectivity index (χ0n) is 24.9. The van der Waals surface area contributed by atoms with Gasteiger partial charge in [0.05, 0.1) is 55.9 Å². The lowest BCUT2D eigenvalue weighted by Crippen LogP contribution is -2.38. The van der Waals surface area contributed by atoms with Crippen LogP contribution in [0.4, 0.5) is 14.7 Å². The number of piperidine rings is 1. The maximum atomic E-state index is 14.9. The molecule has 2 saturated heterocycles. The SMILES string of the molecule is O=C(Cc1c(F)cc(OCCCC2CCN(c3ncc(Cl)cn3)CC2)cc1F)N1CCC(O)(CCCC(CO)(CO)CO)C1. The molecule has 1 atom stereocenters. The van der Waals surface area contributed by atoms with Crippen molar-refractivity contribution in [1.82, 2.24) is 14.9 Å². The average molecular weight is 641 g/mol. The van der Waals surface area contributed by atoms with Gasteiger partial charge in [-0.2, -0.15) is 0 Å². The Morgan fingerprint density at radius 2 is 1.68 bits per heavy atom. The van der Waals surface area contributed by atoms with Gasteiger partial charge >= 0.3 is 0 Å². The number of carbonyl (C=O) groups is 1. The predicted octanol–water partition coefficient (Wildman–Crippen LogP) is 3.12. The van der Waals surface area contributed by atoms with Crippen LogP contribution in [0.5, 0.6) is 5.75 Å². The lowest BCUT2D eigenvalue weighted by molar-refractivity contribution is -0.130. The van der Waals surface area contributed by atoms with E-state index in [2.05, 4.69) is 14.9 Å². The number of ether oxygens (including phenoxy) is 1. The number of nitrogens with zero attached hydrogens (tertiary/aromatic N) is 4. The first-order valence-corrected chi connectivity index (χ1v) is 15.6. The standard InChI is InChI=1S/C31H43ClF2N4O6/c32-23-16-35-29(36-17-23)37-9-4-22(5-10-37)3-1-12-44-24-13-26(33)25(27(34)14-24)15-28(42)38-11-8-31(43,18-38)7-2-6-30(19-39,20-40)21-41/h13-14,16-17,22,39-41,43H,1-12,15,18-21H2. The van der Waals surface area contributed by atoms with Crippen LogP contribution in [-0.2, 0) is 11.2 Å². The summed E-state index contributed by atoms with van der Waals surface area (Å²) >= 11 is 5.86. The van der Waals surface area contributed by atoms with Gasteiger partial charge < -0.3 is 35.0 Å². The minimum Gasteiger partial charge on any atom is -0.493 e. The van der Waals surface area contributed by atoms with Crippen LogP contribution in [0.2, 0.25) is 5.02 Å². The van der Waals surface area contributed by atoms with E-state index < -0.39 is 35.0 Å². The third-order valence-corrected chi connectivity index (χ3v) is 9.21. The Morgan fingerprint density at radius 1 is 1.05 bits per heavy atom. The van der Waals surface area contributed by atoms with Gasteiger partial charge in [0.1, 0.15) is 17.4 Å². The summed E-state index contributed by atoms with van der Waals surface area (Å²) < 4.78 is 35.4. The molecule has 1 amide bonds. The van der Waals surface area contributed by atoms with Crippen LogP contribution in [0.3, 0.4) is 0 Å². The molecule has 0 bridgehead atoms. The normalized spacial score (nSPS) is 19.5. The van der Waals surface area contributed by atoms with Crippen LogP contribution in [-0.4, -0.2) is 99.4 Å². The van der Waals surface area contributed by atoms with Crippen molar-refractivity contribution >= 4 is 23.5 Å². The summed E-state index contributed by atoms with van der Waals surface area (Å²) in [5.74, 6) is -0.932. The summed E-state index contributed by atoms with van der Waals surface area (Å²) in [5.41, 5.74) is -2.55. The smallest absolute Gasteiger partial charge is 0.227 e. The quantitative estimate of drug-likeness (QED) is 0.216. The Labute approximate surface area is 261 Å². The summed E-state index contributed by atoms with van der Waals surface area (Å²) in [7, 11) is 0. The highest BCUT2D eigenvalue weighted by Crippen LogP contribution is 2.32. The molecular formula is C31H43ClF2N4O6. The van der Waals surface area contributed by atoms with Crippen LogP contribution in [0.1, 0.15) is 56.9 Å². The van der Waals surface area contributed by atoms with E-state index in [-0.39, 0.29) is 44.2 Å². The van der Waals surface area contributed by atoms with Gasteiger partial charge in [-0.25, -0.2) is 18.7 Å². The summed E-state index contributed by atoms with van der Waals surface area (Å²) in [6.07, 6.45) is 7.68. The van der Waals surface area contributed by atoms with Crippen molar-refractivity contribution in [2.75, 3.05) is 57.5 Å². The minimum absolute atomic E-state index is 0.0224. The summed E-state index contributed by atoms with van der Waals surface area (Å²) in [6.45, 7) is 1.14. The zero-order chi connectivity index (χ0) is 31.7. The Hall–Kier alpha value is -2.64. The third-order valence-electron chi connectivity index (χ3n) is 9.01. The summed E-state index contributed by atoms with van der Waals surface area (Å²) in [4.78, 5) is 24.9. The van der Waals surface area contributed by atoms with E-state index in [1.807, 2.05) is 0 Å². The Morgan fingerprint density at radius 3 is 2.30 bits per heavy atom. The van der Waals surface area contributed by atoms with Crippen LogP contribution in [0, 0.1) is 23.0 Å². The van der Waals surface area contributed by atoms with Gasteiger partial charge in [-0.15, -0.1) is 0 Å². The van der Waals surface area contributed by atoms with Crippen molar-refractivity contribution in [3.63, 3.8) is 0 Å². The number of rotatable bonds is 15. The lowest BCUT2D eigenvalue weighted by atomic mass is 9.83. The second-order valence-electron chi connectivity index (χ2n) is 12.3. The number of aliphatic hydroxyl groups excluding tert-OH is 3. The summed E-state index contributed by atoms with van der Waals surface area (Å²) in [5, 5.41) is 39.9. The highest BCUT2D eigenvalue weighted by molar-refractivity contribution is 6.30. The van der Waals surface area contributed by atoms with Gasteiger partial charge in [-0.1, -0.05) is 11.6 Å². The number of likely N-dealkylation sites (tertiary alicyclic amines) is 1. The number of hydrogen-bond acceptors (Lipinski definition) is 9. The minimum atomic E-state index is -1.18. The van der Waals surface area contributed by atoms with Crippen molar-refractivity contribution < 1.29 is 38.7 Å². The average Bonchev–Trinajstić information content (AvgIpc) is 3.42. The maximum Gasteiger partial charge on any atom is 0.227 e. The number of anilines is 1. The van der Waals surface area contributed by atoms with E-state index in [1.54, 1.807) is 12.4 Å². The van der Waals surface area contributed by atoms with Crippen molar-refractivity contribution in [2.24, 2.45) is 11.3 Å². The Kier molecular flexibility index (Phi) is 12.1. The van der Waals surface area contributed by atoms with E-state index in [4.69, 9.17) is 16.3 Å². The van der Waals surface area contributed by atoms with Gasteiger partial charge in [0.15, 0.2) is 0 Å². The summed E-state index contributed by atoms with van der Waals surface area (Å²) in [6, 6.07) is 2.21. The largest absolute Gasteiger partial charge is 0.493 e. The molecule has 1 aromatic heterocycles. The molecule has 4 rings (SSSR count). The van der Waals surface area contributed by atoms with E-state index in [1.165, 1.54) is 4.90 Å². The second kappa shape index (κ2) is 15.6. The van der Waals surface area contributed by atoms with Gasteiger partial charge in [0.25, 0.3) is 0 Å². The first-order chi connectivity index (χ1) is 21.1. The number of hydrogen-bond donors (Lipinski definition) is 4. The Bertz CT molecular complexity index is 1200. The van der Waals surface area contributed by atoms with E-state index in [0.717, 1.165) is 50.9 Å². The molecular weight excluding hydrogens is 598 g/mol. The van der Waals surface area contributed by atoms with Crippen LogP contribution in [0.15, 0.2) is 24.5 Å². The molecule has 0 radical (unpaired) electrons. The van der Waals surface area contributed by atoms with Gasteiger partial charge in [-0.3, -0.25) is 4.79 Å². The van der Waals surface area contributed by atoms with Gasteiger partial charge in [0.2, 0.25) is 11.9 Å². The van der Waals surface area contributed by atoms with E-state index in [9.17, 15) is 34.0 Å². The molecule has 2 aliphatic rings. The van der Waals surface area contributed by atoms with E-state index >= 15 is 0 Å². The fourth-order valence-electron chi connectivity index (χ4n) is 6.00. The molecule has 2 aromatic rings. The van der Waals surface area contributed by atoms with Gasteiger partial charge in [0, 0.05) is 49.3 Å². The molecule has 1 aromatic carbocycles. The molecule has 2 fully saturated rings. The van der Waals surface area contributed by atoms with Crippen molar-refractivity contribution in [1.29, 1.82) is 0 Å². The number of β-amino-alcohol motifs (C(OH)–C–C–N with tert-alkyl or cyclic N) is 1. The number of carbonyl (C=O) groups excluding carboxylic acids is 1. The molecule has 4 N–H and O–H groups in total.